The van der Waals surface area contributed by atoms with Crippen LogP contribution in [0.2, 0.25) is 0 Å². The number of hydrogen-bond acceptors (Lipinski definition) is 6. The predicted octanol–water partition coefficient (Wildman–Crippen LogP) is 3.35. The van der Waals surface area contributed by atoms with Gasteiger partial charge in [-0.2, -0.15) is 30.6 Å². The minimum absolute atomic E-state index is 0.0543. The van der Waals surface area contributed by atoms with Crippen molar-refractivity contribution in [3.05, 3.63) is 41.4 Å². The lowest BCUT2D eigenvalue weighted by atomic mass is 9.92. The van der Waals surface area contributed by atoms with E-state index in [0.29, 0.717) is 17.8 Å². The van der Waals surface area contributed by atoms with E-state index < -0.39 is 39.6 Å². The van der Waals surface area contributed by atoms with Crippen LogP contribution < -0.4 is 4.90 Å². The second-order valence-electron chi connectivity index (χ2n) is 6.96. The second-order valence-corrected chi connectivity index (χ2v) is 9.96. The zero-order valence-corrected chi connectivity index (χ0v) is 17.5. The Bertz CT molecular complexity index is 993. The fourth-order valence-electron chi connectivity index (χ4n) is 3.36. The summed E-state index contributed by atoms with van der Waals surface area (Å²) in [5, 5.41) is 11.0. The largest absolute Gasteiger partial charge is 0.430 e. The van der Waals surface area contributed by atoms with Gasteiger partial charge in [-0.1, -0.05) is 12.1 Å². The standard InChI is InChI=1S/C17H17F6N3O3S2/c1-11-10-25(31(28,29)14-24-6-9-30-14)7-8-26(11)13-4-2-12(3-5-13)15(27,16(18,19)20)17(21,22)23/h2-6,9,11,27H,7-8,10H2,1H3/t11-/m0/s1. The molecule has 1 aromatic carbocycles. The Morgan fingerprint density at radius 1 is 1.06 bits per heavy atom. The average Bonchev–Trinajstić information content (AvgIpc) is 3.21. The van der Waals surface area contributed by atoms with Gasteiger partial charge < -0.3 is 10.0 Å². The highest BCUT2D eigenvalue weighted by molar-refractivity contribution is 7.91. The van der Waals surface area contributed by atoms with Crippen molar-refractivity contribution in [3.63, 3.8) is 0 Å². The Balaban J connectivity index is 1.81. The first-order valence-electron chi connectivity index (χ1n) is 8.82. The molecule has 2 aromatic rings. The van der Waals surface area contributed by atoms with E-state index in [2.05, 4.69) is 4.98 Å². The quantitative estimate of drug-likeness (QED) is 0.667. The van der Waals surface area contributed by atoms with Gasteiger partial charge in [-0.15, -0.1) is 11.3 Å². The molecule has 1 aromatic heterocycles. The van der Waals surface area contributed by atoms with Gasteiger partial charge in [0.15, 0.2) is 0 Å². The van der Waals surface area contributed by atoms with Crippen molar-refractivity contribution < 1.29 is 39.9 Å². The van der Waals surface area contributed by atoms with Crippen LogP contribution in [0.25, 0.3) is 0 Å². The Labute approximate surface area is 177 Å². The van der Waals surface area contributed by atoms with Crippen LogP contribution in [0, 0.1) is 0 Å². The average molecular weight is 489 g/mol. The van der Waals surface area contributed by atoms with E-state index in [1.165, 1.54) is 15.9 Å². The van der Waals surface area contributed by atoms with Crippen molar-refractivity contribution in [2.24, 2.45) is 0 Å². The molecule has 6 nitrogen and oxygen atoms in total. The molecule has 1 saturated heterocycles. The molecule has 2 heterocycles. The maximum absolute atomic E-state index is 13.0. The lowest BCUT2D eigenvalue weighted by molar-refractivity contribution is -0.376. The zero-order valence-electron chi connectivity index (χ0n) is 15.9. The number of sulfonamides is 1. The first-order valence-corrected chi connectivity index (χ1v) is 11.1. The molecule has 172 valence electrons. The maximum atomic E-state index is 13.0. The number of halogens is 6. The Morgan fingerprint density at radius 3 is 2.10 bits per heavy atom. The predicted molar refractivity (Wildman–Crippen MR) is 100 cm³/mol. The van der Waals surface area contributed by atoms with Gasteiger partial charge in [-0.25, -0.2) is 13.4 Å². The fourth-order valence-corrected chi connectivity index (χ4v) is 5.83. The van der Waals surface area contributed by atoms with E-state index in [1.807, 2.05) is 0 Å². The molecule has 0 unspecified atom stereocenters. The number of rotatable bonds is 4. The smallest absolute Gasteiger partial charge is 0.369 e. The van der Waals surface area contributed by atoms with Crippen LogP contribution in [0.3, 0.4) is 0 Å². The highest BCUT2D eigenvalue weighted by Gasteiger charge is 2.71. The van der Waals surface area contributed by atoms with Crippen molar-refractivity contribution in [3.8, 4) is 0 Å². The van der Waals surface area contributed by atoms with Gasteiger partial charge in [-0.05, 0) is 19.1 Å². The van der Waals surface area contributed by atoms with Gasteiger partial charge in [0, 0.05) is 48.5 Å². The number of benzene rings is 1. The fraction of sp³-hybridized carbons (Fsp3) is 0.471. The molecule has 0 bridgehead atoms. The number of aromatic nitrogens is 1. The van der Waals surface area contributed by atoms with E-state index in [1.54, 1.807) is 11.8 Å². The molecule has 0 amide bonds. The normalized spacial score (nSPS) is 19.6. The summed E-state index contributed by atoms with van der Waals surface area (Å²) in [6.45, 7) is 1.95. The first kappa shape index (κ1) is 23.8. The number of nitrogens with zero attached hydrogens (tertiary/aromatic N) is 3. The van der Waals surface area contributed by atoms with Crippen LogP contribution in [-0.2, 0) is 15.6 Å². The second kappa shape index (κ2) is 7.90. The molecule has 0 spiro atoms. The van der Waals surface area contributed by atoms with E-state index in [0.717, 1.165) is 23.5 Å². The summed E-state index contributed by atoms with van der Waals surface area (Å²) in [4.78, 5) is 5.47. The SMILES string of the molecule is C[C@H]1CN(S(=O)(=O)c2nccs2)CCN1c1ccc(C(O)(C(F)(F)F)C(F)(F)F)cc1. The van der Waals surface area contributed by atoms with Crippen LogP contribution in [0.4, 0.5) is 32.0 Å². The number of aliphatic hydroxyl groups is 1. The zero-order chi connectivity index (χ0) is 23.2. The number of anilines is 1. The third kappa shape index (κ3) is 4.13. The molecule has 31 heavy (non-hydrogen) atoms. The molecule has 1 atom stereocenters. The topological polar surface area (TPSA) is 73.7 Å². The molecular formula is C17H17F6N3O3S2. The molecule has 0 radical (unpaired) electrons. The van der Waals surface area contributed by atoms with Gasteiger partial charge in [0.1, 0.15) is 0 Å². The molecular weight excluding hydrogens is 472 g/mol. The lowest BCUT2D eigenvalue weighted by Crippen LogP contribution is -2.54. The van der Waals surface area contributed by atoms with E-state index in [4.69, 9.17) is 0 Å². The van der Waals surface area contributed by atoms with E-state index in [-0.39, 0.29) is 24.0 Å². The monoisotopic (exact) mass is 489 g/mol. The summed E-state index contributed by atoms with van der Waals surface area (Å²) in [7, 11) is -3.79. The van der Waals surface area contributed by atoms with Crippen LogP contribution in [0.5, 0.6) is 0 Å². The van der Waals surface area contributed by atoms with Crippen LogP contribution >= 0.6 is 11.3 Å². The Hall–Kier alpha value is -1.90. The third-order valence-corrected chi connectivity index (χ3v) is 8.04. The van der Waals surface area contributed by atoms with Crippen molar-refractivity contribution in [2.45, 2.75) is 35.3 Å². The molecule has 14 heteroatoms. The maximum Gasteiger partial charge on any atom is 0.430 e. The third-order valence-electron chi connectivity index (χ3n) is 5.00. The van der Waals surface area contributed by atoms with E-state index in [9.17, 15) is 39.9 Å². The molecule has 1 aliphatic heterocycles. The van der Waals surface area contributed by atoms with Gasteiger partial charge >= 0.3 is 12.4 Å². The van der Waals surface area contributed by atoms with Crippen molar-refractivity contribution in [1.82, 2.24) is 9.29 Å². The highest BCUT2D eigenvalue weighted by Crippen LogP contribution is 2.50. The van der Waals surface area contributed by atoms with E-state index >= 15 is 0 Å². The molecule has 1 aliphatic rings. The molecule has 1 fully saturated rings. The Kier molecular flexibility index (Phi) is 6.06. The summed E-state index contributed by atoms with van der Waals surface area (Å²) in [5.74, 6) is 0. The van der Waals surface area contributed by atoms with Crippen LogP contribution in [0.15, 0.2) is 40.2 Å². The summed E-state index contributed by atoms with van der Waals surface area (Å²) >= 11 is 0.968. The number of hydrogen-bond donors (Lipinski definition) is 1. The number of alkyl halides is 6. The molecule has 0 aliphatic carbocycles. The molecule has 3 rings (SSSR count). The highest BCUT2D eigenvalue weighted by atomic mass is 32.2. The van der Waals surface area contributed by atoms with Gasteiger partial charge in [0.2, 0.25) is 4.34 Å². The molecule has 0 saturated carbocycles. The van der Waals surface area contributed by atoms with Gasteiger partial charge in [0.05, 0.1) is 0 Å². The summed E-state index contributed by atoms with van der Waals surface area (Å²) < 4.78 is 105. The summed E-state index contributed by atoms with van der Waals surface area (Å²) in [6.07, 6.45) is -10.6. The van der Waals surface area contributed by atoms with Crippen molar-refractivity contribution in [1.29, 1.82) is 0 Å². The van der Waals surface area contributed by atoms with Gasteiger partial charge in [0.25, 0.3) is 15.6 Å². The van der Waals surface area contributed by atoms with Crippen molar-refractivity contribution in [2.75, 3.05) is 24.5 Å². The van der Waals surface area contributed by atoms with Crippen molar-refractivity contribution >= 4 is 27.0 Å². The summed E-state index contributed by atoms with van der Waals surface area (Å²) in [5.41, 5.74) is -6.05. The Morgan fingerprint density at radius 2 is 1.65 bits per heavy atom. The summed E-state index contributed by atoms with van der Waals surface area (Å²) in [6, 6.07) is 2.81. The number of piperazine rings is 1. The number of thiazole rings is 1. The minimum atomic E-state index is -5.96. The van der Waals surface area contributed by atoms with Crippen LogP contribution in [-0.4, -0.2) is 60.8 Å². The van der Waals surface area contributed by atoms with Crippen LogP contribution in [0.1, 0.15) is 12.5 Å². The molecule has 1 N–H and O–H groups in total. The minimum Gasteiger partial charge on any atom is -0.369 e. The first-order chi connectivity index (χ1) is 14.2. The lowest BCUT2D eigenvalue weighted by Gasteiger charge is -2.40. The van der Waals surface area contributed by atoms with Gasteiger partial charge in [-0.3, -0.25) is 0 Å².